The molecule has 2 aromatic rings. The average molecular weight is 392 g/mol. The number of benzene rings is 1. The molecular weight excluding hydrogens is 372 g/mol. The molecule has 144 valence electrons. The minimum atomic E-state index is -3.73. The molecule has 0 radical (unpaired) electrons. The molecule has 1 amide bonds. The topological polar surface area (TPSA) is 113 Å². The van der Waals surface area contributed by atoms with E-state index in [0.29, 0.717) is 12.1 Å². The van der Waals surface area contributed by atoms with Gasteiger partial charge in [0.25, 0.3) is 5.91 Å². The first-order valence-corrected chi connectivity index (χ1v) is 9.92. The summed E-state index contributed by atoms with van der Waals surface area (Å²) in [6.07, 6.45) is 3.19. The quantitative estimate of drug-likeness (QED) is 0.803. The number of amides is 1. The Hall–Kier alpha value is -2.72. The summed E-state index contributed by atoms with van der Waals surface area (Å²) in [5.74, 6) is -1.28. The van der Waals surface area contributed by atoms with E-state index in [-0.39, 0.29) is 42.5 Å². The van der Waals surface area contributed by atoms with Gasteiger partial charge in [0.05, 0.1) is 22.2 Å². The van der Waals surface area contributed by atoms with Crippen LogP contribution >= 0.6 is 0 Å². The van der Waals surface area contributed by atoms with Crippen LogP contribution in [0, 0.1) is 0 Å². The van der Waals surface area contributed by atoms with Crippen molar-refractivity contribution in [1.82, 2.24) is 19.0 Å². The van der Waals surface area contributed by atoms with Gasteiger partial charge in [0, 0.05) is 38.9 Å². The maximum atomic E-state index is 12.7. The molecular formula is C17H20N4O5S. The number of piperazine rings is 1. The van der Waals surface area contributed by atoms with Crippen molar-refractivity contribution < 1.29 is 23.1 Å². The van der Waals surface area contributed by atoms with Gasteiger partial charge in [-0.3, -0.25) is 9.48 Å². The summed E-state index contributed by atoms with van der Waals surface area (Å²) in [6.45, 7) is 3.51. The fourth-order valence-corrected chi connectivity index (χ4v) is 4.30. The van der Waals surface area contributed by atoms with Gasteiger partial charge in [-0.25, -0.2) is 13.2 Å². The second-order valence-corrected chi connectivity index (χ2v) is 8.05. The normalized spacial score (nSPS) is 15.7. The Balaban J connectivity index is 1.67. The summed E-state index contributed by atoms with van der Waals surface area (Å²) in [5.41, 5.74) is 0.509. The monoisotopic (exact) mass is 392 g/mol. The van der Waals surface area contributed by atoms with Crippen LogP contribution in [-0.4, -0.2) is 70.6 Å². The van der Waals surface area contributed by atoms with Crippen LogP contribution in [0.3, 0.4) is 0 Å². The Labute approximate surface area is 156 Å². The van der Waals surface area contributed by atoms with E-state index in [1.165, 1.54) is 34.8 Å². The van der Waals surface area contributed by atoms with E-state index in [1.54, 1.807) is 15.8 Å². The number of carboxylic acid groups (broad SMARTS) is 1. The molecule has 1 N–H and O–H groups in total. The van der Waals surface area contributed by atoms with Gasteiger partial charge in [-0.05, 0) is 31.2 Å². The molecule has 0 aliphatic carbocycles. The highest BCUT2D eigenvalue weighted by molar-refractivity contribution is 7.89. The van der Waals surface area contributed by atoms with Crippen molar-refractivity contribution in [3.05, 3.63) is 47.8 Å². The fraction of sp³-hybridized carbons (Fsp3) is 0.353. The van der Waals surface area contributed by atoms with Crippen LogP contribution in [0.4, 0.5) is 0 Å². The lowest BCUT2D eigenvalue weighted by Crippen LogP contribution is -2.50. The third-order valence-corrected chi connectivity index (χ3v) is 6.38. The molecule has 1 aromatic heterocycles. The number of aromatic nitrogens is 2. The lowest BCUT2D eigenvalue weighted by molar-refractivity contribution is 0.0690. The first kappa shape index (κ1) is 19.1. The average Bonchev–Trinajstić information content (AvgIpc) is 3.17. The van der Waals surface area contributed by atoms with E-state index < -0.39 is 16.0 Å². The maximum Gasteiger partial charge on any atom is 0.335 e. The molecule has 27 heavy (non-hydrogen) atoms. The van der Waals surface area contributed by atoms with Crippen LogP contribution in [0.1, 0.15) is 27.6 Å². The van der Waals surface area contributed by atoms with Gasteiger partial charge < -0.3 is 10.0 Å². The van der Waals surface area contributed by atoms with E-state index in [9.17, 15) is 18.0 Å². The summed E-state index contributed by atoms with van der Waals surface area (Å²) in [6, 6.07) is 5.10. The Kier molecular flexibility index (Phi) is 5.29. The predicted octanol–water partition coefficient (Wildman–Crippen LogP) is 0.748. The highest BCUT2D eigenvalue weighted by Crippen LogP contribution is 2.19. The Morgan fingerprint density at radius 1 is 1.07 bits per heavy atom. The molecule has 1 fully saturated rings. The first-order chi connectivity index (χ1) is 12.8. The molecule has 1 aliphatic heterocycles. The zero-order valence-corrected chi connectivity index (χ0v) is 15.6. The van der Waals surface area contributed by atoms with Gasteiger partial charge in [0.1, 0.15) is 0 Å². The molecule has 1 aliphatic rings. The first-order valence-electron chi connectivity index (χ1n) is 8.48. The minimum absolute atomic E-state index is 0.0250. The molecule has 9 nitrogen and oxygen atoms in total. The molecule has 0 spiro atoms. The lowest BCUT2D eigenvalue weighted by atomic mass is 10.2. The maximum absolute atomic E-state index is 12.7. The van der Waals surface area contributed by atoms with Crippen molar-refractivity contribution in [2.24, 2.45) is 0 Å². The molecule has 10 heteroatoms. The largest absolute Gasteiger partial charge is 0.478 e. The number of rotatable bonds is 5. The second-order valence-electron chi connectivity index (χ2n) is 6.11. The van der Waals surface area contributed by atoms with Gasteiger partial charge in [0.2, 0.25) is 10.0 Å². The number of carboxylic acids is 1. The molecule has 2 heterocycles. The van der Waals surface area contributed by atoms with Gasteiger partial charge in [-0.1, -0.05) is 0 Å². The highest BCUT2D eigenvalue weighted by Gasteiger charge is 2.30. The van der Waals surface area contributed by atoms with E-state index in [4.69, 9.17) is 5.11 Å². The van der Waals surface area contributed by atoms with Gasteiger partial charge in [-0.2, -0.15) is 9.40 Å². The third-order valence-electron chi connectivity index (χ3n) is 4.47. The number of hydrogen-bond acceptors (Lipinski definition) is 5. The summed E-state index contributed by atoms with van der Waals surface area (Å²) in [4.78, 5) is 25.0. The van der Waals surface area contributed by atoms with Crippen molar-refractivity contribution in [2.75, 3.05) is 26.2 Å². The van der Waals surface area contributed by atoms with Crippen LogP contribution in [0.2, 0.25) is 0 Å². The van der Waals surface area contributed by atoms with Crippen LogP contribution < -0.4 is 0 Å². The molecule has 1 saturated heterocycles. The van der Waals surface area contributed by atoms with Gasteiger partial charge >= 0.3 is 5.97 Å². The van der Waals surface area contributed by atoms with Gasteiger partial charge in [-0.15, -0.1) is 0 Å². The van der Waals surface area contributed by atoms with Crippen LogP contribution in [0.15, 0.2) is 41.6 Å². The number of carbonyl (C=O) groups is 2. The van der Waals surface area contributed by atoms with Crippen molar-refractivity contribution >= 4 is 21.9 Å². The van der Waals surface area contributed by atoms with E-state index >= 15 is 0 Å². The summed E-state index contributed by atoms with van der Waals surface area (Å²) < 4.78 is 28.4. The molecule has 1 aromatic carbocycles. The predicted molar refractivity (Wildman–Crippen MR) is 96.0 cm³/mol. The van der Waals surface area contributed by atoms with Gasteiger partial charge in [0.15, 0.2) is 0 Å². The second kappa shape index (κ2) is 7.49. The molecule has 0 unspecified atom stereocenters. The molecule has 0 bridgehead atoms. The standard InChI is InChI=1S/C17H20N4O5S/c1-2-20-12-14(11-18-20)16(22)19-7-9-21(10-8-19)27(25,26)15-5-3-13(4-6-15)17(23)24/h3-6,11-12H,2,7-10H2,1H3,(H,23,24). The van der Waals surface area contributed by atoms with E-state index in [2.05, 4.69) is 5.10 Å². The Morgan fingerprint density at radius 2 is 1.70 bits per heavy atom. The van der Waals surface area contributed by atoms with E-state index in [0.717, 1.165) is 0 Å². The van der Waals surface area contributed by atoms with Crippen LogP contribution in [0.25, 0.3) is 0 Å². The number of aryl methyl sites for hydroxylation is 1. The third kappa shape index (κ3) is 3.86. The summed E-state index contributed by atoms with van der Waals surface area (Å²) >= 11 is 0. The van der Waals surface area contributed by atoms with Crippen LogP contribution in [-0.2, 0) is 16.6 Å². The summed E-state index contributed by atoms with van der Waals surface area (Å²) in [5, 5.41) is 13.0. The van der Waals surface area contributed by atoms with E-state index in [1.807, 2.05) is 6.92 Å². The zero-order chi connectivity index (χ0) is 19.6. The minimum Gasteiger partial charge on any atom is -0.478 e. The SMILES string of the molecule is CCn1cc(C(=O)N2CCN(S(=O)(=O)c3ccc(C(=O)O)cc3)CC2)cn1. The number of hydrogen-bond donors (Lipinski definition) is 1. The van der Waals surface area contributed by atoms with Crippen molar-refractivity contribution in [1.29, 1.82) is 0 Å². The molecule has 0 saturated carbocycles. The van der Waals surface area contributed by atoms with Crippen LogP contribution in [0.5, 0.6) is 0 Å². The Morgan fingerprint density at radius 3 is 2.22 bits per heavy atom. The number of nitrogens with zero attached hydrogens (tertiary/aromatic N) is 4. The molecule has 0 atom stereocenters. The number of aromatic carboxylic acids is 1. The smallest absolute Gasteiger partial charge is 0.335 e. The number of carbonyl (C=O) groups excluding carboxylic acids is 1. The fourth-order valence-electron chi connectivity index (χ4n) is 2.88. The highest BCUT2D eigenvalue weighted by atomic mass is 32.2. The van der Waals surface area contributed by atoms with Crippen molar-refractivity contribution in [3.8, 4) is 0 Å². The van der Waals surface area contributed by atoms with Crippen molar-refractivity contribution in [3.63, 3.8) is 0 Å². The van der Waals surface area contributed by atoms with Crippen molar-refractivity contribution in [2.45, 2.75) is 18.4 Å². The Bertz CT molecular complexity index is 944. The zero-order valence-electron chi connectivity index (χ0n) is 14.8. The molecule has 3 rings (SSSR count). The lowest BCUT2D eigenvalue weighted by Gasteiger charge is -2.33. The number of sulfonamides is 1. The summed E-state index contributed by atoms with van der Waals surface area (Å²) in [7, 11) is -3.73.